The molecule has 0 aliphatic carbocycles. The van der Waals surface area contributed by atoms with Crippen molar-refractivity contribution in [2.75, 3.05) is 50.8 Å². The molecule has 2 aromatic rings. The molecule has 0 saturated carbocycles. The zero-order chi connectivity index (χ0) is 27.3. The minimum atomic E-state index is -4.81. The fourth-order valence-electron chi connectivity index (χ4n) is 5.71. The molecule has 3 heterocycles. The molecule has 5 rings (SSSR count). The average molecular weight is 572 g/mol. The first-order chi connectivity index (χ1) is 17.9. The number of likely N-dealkylation sites (tertiary alicyclic amines) is 1. The number of thiol groups is 1. The van der Waals surface area contributed by atoms with Crippen LogP contribution in [0.3, 0.4) is 0 Å². The van der Waals surface area contributed by atoms with E-state index in [0.717, 1.165) is 33.0 Å². The molecule has 0 aromatic heterocycles. The van der Waals surface area contributed by atoms with Crippen LogP contribution >= 0.6 is 12.6 Å². The van der Waals surface area contributed by atoms with Crippen LogP contribution in [0.5, 0.6) is 0 Å². The summed E-state index contributed by atoms with van der Waals surface area (Å²) in [5.41, 5.74) is -2.54. The van der Waals surface area contributed by atoms with Crippen LogP contribution in [0.4, 0.5) is 18.9 Å². The summed E-state index contributed by atoms with van der Waals surface area (Å²) in [7, 11) is -3.79. The Balaban J connectivity index is 1.40. The highest BCUT2D eigenvalue weighted by Gasteiger charge is 2.51. The third-order valence-electron chi connectivity index (χ3n) is 7.99. The number of nitrogens with zero attached hydrogens (tertiary/aromatic N) is 3. The topological polar surface area (TPSA) is 73.3 Å². The minimum Gasteiger partial charge on any atom is -0.377 e. The number of ether oxygens (including phenoxy) is 1. The molecule has 3 saturated heterocycles. The van der Waals surface area contributed by atoms with Crippen LogP contribution in [-0.2, 0) is 20.4 Å². The van der Waals surface area contributed by atoms with Crippen LogP contribution in [0.15, 0.2) is 58.3 Å². The maximum absolute atomic E-state index is 13.5. The van der Waals surface area contributed by atoms with Gasteiger partial charge in [-0.1, -0.05) is 24.3 Å². The number of alkyl halides is 3. The minimum absolute atomic E-state index is 0.151. The number of benzene rings is 2. The lowest BCUT2D eigenvalue weighted by Crippen LogP contribution is -2.58. The predicted molar refractivity (Wildman–Crippen MR) is 140 cm³/mol. The van der Waals surface area contributed by atoms with E-state index in [1.807, 2.05) is 0 Å². The van der Waals surface area contributed by atoms with Crippen molar-refractivity contribution < 1.29 is 31.4 Å². The van der Waals surface area contributed by atoms with Gasteiger partial charge in [0.15, 0.2) is 5.60 Å². The van der Waals surface area contributed by atoms with Crippen LogP contribution in [0, 0.1) is 5.92 Å². The van der Waals surface area contributed by atoms with Crippen LogP contribution in [0.25, 0.3) is 0 Å². The number of halogens is 3. The number of rotatable bonds is 6. The molecule has 1 N–H and O–H groups in total. The molecule has 12 heteroatoms. The number of sulfonamides is 1. The van der Waals surface area contributed by atoms with Gasteiger partial charge >= 0.3 is 6.18 Å². The molecule has 3 fully saturated rings. The van der Waals surface area contributed by atoms with Crippen molar-refractivity contribution in [1.82, 2.24) is 9.21 Å². The van der Waals surface area contributed by atoms with Gasteiger partial charge < -0.3 is 14.7 Å². The molecule has 3 aliphatic rings. The normalized spacial score (nSPS) is 26.9. The van der Waals surface area contributed by atoms with Gasteiger partial charge in [0.25, 0.3) is 0 Å². The van der Waals surface area contributed by atoms with Crippen molar-refractivity contribution in [1.29, 1.82) is 0 Å². The molecule has 0 amide bonds. The summed E-state index contributed by atoms with van der Waals surface area (Å²) < 4.78 is 74.4. The van der Waals surface area contributed by atoms with Gasteiger partial charge in [0.05, 0.1) is 17.0 Å². The quantitative estimate of drug-likeness (QED) is 0.519. The summed E-state index contributed by atoms with van der Waals surface area (Å²) >= 11 is 4.35. The average Bonchev–Trinajstić information content (AvgIpc) is 3.45. The highest BCUT2D eigenvalue weighted by atomic mass is 32.2. The Hall–Kier alpha value is -1.83. The van der Waals surface area contributed by atoms with Crippen molar-refractivity contribution in [2.24, 2.45) is 5.92 Å². The lowest BCUT2D eigenvalue weighted by atomic mass is 9.95. The molecule has 38 heavy (non-hydrogen) atoms. The number of piperazine rings is 1. The molecule has 0 spiro atoms. The SMILES string of the molecule is CC(O)(c1ccc(N2CCN(S(=O)(=O)c3ccccc3S)C[C@@H]2CN2C[C@H]3CCO[C@H]3C2)cc1)C(F)(F)F. The number of fused-ring (bicyclic) bond motifs is 1. The van der Waals surface area contributed by atoms with E-state index in [1.165, 1.54) is 16.4 Å². The molecular formula is C26H32F3N3O4S2. The first-order valence-corrected chi connectivity index (χ1v) is 14.5. The van der Waals surface area contributed by atoms with Gasteiger partial charge in [-0.15, -0.1) is 12.6 Å². The van der Waals surface area contributed by atoms with Gasteiger partial charge in [0.1, 0.15) is 0 Å². The van der Waals surface area contributed by atoms with Gasteiger partial charge in [0, 0.05) is 62.4 Å². The van der Waals surface area contributed by atoms with E-state index in [1.54, 1.807) is 36.4 Å². The molecule has 1 unspecified atom stereocenters. The predicted octanol–water partition coefficient (Wildman–Crippen LogP) is 3.35. The van der Waals surface area contributed by atoms with Crippen LogP contribution in [0.2, 0.25) is 0 Å². The van der Waals surface area contributed by atoms with Crippen LogP contribution in [-0.4, -0.2) is 86.9 Å². The molecule has 3 aliphatic heterocycles. The summed E-state index contributed by atoms with van der Waals surface area (Å²) in [5.74, 6) is 0.465. The first kappa shape index (κ1) is 27.7. The summed E-state index contributed by atoms with van der Waals surface area (Å²) in [5, 5.41) is 10.1. The van der Waals surface area contributed by atoms with E-state index in [9.17, 15) is 26.7 Å². The number of anilines is 1. The van der Waals surface area contributed by atoms with Crippen molar-refractivity contribution >= 4 is 28.3 Å². The van der Waals surface area contributed by atoms with E-state index in [2.05, 4.69) is 22.4 Å². The second-order valence-electron chi connectivity index (χ2n) is 10.5. The van der Waals surface area contributed by atoms with E-state index in [0.29, 0.717) is 29.6 Å². The molecule has 0 radical (unpaired) electrons. The highest BCUT2D eigenvalue weighted by Crippen LogP contribution is 2.39. The van der Waals surface area contributed by atoms with Gasteiger partial charge in [-0.3, -0.25) is 4.90 Å². The third kappa shape index (κ3) is 5.18. The van der Waals surface area contributed by atoms with Crippen molar-refractivity contribution in [3.05, 3.63) is 54.1 Å². The Morgan fingerprint density at radius 1 is 1.05 bits per heavy atom. The van der Waals surface area contributed by atoms with E-state index >= 15 is 0 Å². The molecule has 2 aromatic carbocycles. The van der Waals surface area contributed by atoms with Gasteiger partial charge in [-0.05, 0) is 43.2 Å². The second kappa shape index (κ2) is 10.3. The van der Waals surface area contributed by atoms with Crippen LogP contribution in [0.1, 0.15) is 18.9 Å². The van der Waals surface area contributed by atoms with Crippen molar-refractivity contribution in [3.8, 4) is 0 Å². The Morgan fingerprint density at radius 2 is 1.76 bits per heavy atom. The Bertz CT molecular complexity index is 1250. The molecule has 208 valence electrons. The maximum Gasteiger partial charge on any atom is 0.421 e. The van der Waals surface area contributed by atoms with Gasteiger partial charge in [0.2, 0.25) is 10.0 Å². The van der Waals surface area contributed by atoms with E-state index < -0.39 is 21.8 Å². The fraction of sp³-hybridized carbons (Fsp3) is 0.538. The number of hydrogen-bond donors (Lipinski definition) is 2. The zero-order valence-electron chi connectivity index (χ0n) is 21.0. The van der Waals surface area contributed by atoms with Crippen LogP contribution < -0.4 is 4.90 Å². The lowest BCUT2D eigenvalue weighted by molar-refractivity contribution is -0.258. The monoisotopic (exact) mass is 571 g/mol. The summed E-state index contributed by atoms with van der Waals surface area (Å²) in [6.45, 7) is 4.54. The summed E-state index contributed by atoms with van der Waals surface area (Å²) in [6.07, 6.45) is -3.61. The highest BCUT2D eigenvalue weighted by molar-refractivity contribution is 7.90. The largest absolute Gasteiger partial charge is 0.421 e. The number of aliphatic hydroxyl groups is 1. The Labute approximate surface area is 226 Å². The molecule has 0 bridgehead atoms. The van der Waals surface area contributed by atoms with Crippen molar-refractivity contribution in [3.63, 3.8) is 0 Å². The lowest BCUT2D eigenvalue weighted by Gasteiger charge is -2.43. The fourth-order valence-corrected chi connectivity index (χ4v) is 7.77. The standard InChI is InChI=1S/C26H32F3N3O4S2/c1-25(33,26(27,28)29)19-6-8-20(9-7-19)32-12-11-31(38(34,35)24-5-3-2-4-23(24)37)16-21(32)15-30-14-18-10-13-36-22(18)17-30/h2-9,18,21-22,33,37H,10-17H2,1H3/t18-,21+,22+,25?/m1/s1. The Kier molecular flexibility index (Phi) is 7.51. The second-order valence-corrected chi connectivity index (χ2v) is 12.9. The third-order valence-corrected chi connectivity index (χ3v) is 10.5. The maximum atomic E-state index is 13.5. The smallest absolute Gasteiger partial charge is 0.377 e. The number of hydrogen-bond acceptors (Lipinski definition) is 7. The summed E-state index contributed by atoms with van der Waals surface area (Å²) in [4.78, 5) is 4.87. The van der Waals surface area contributed by atoms with E-state index in [4.69, 9.17) is 4.74 Å². The van der Waals surface area contributed by atoms with E-state index in [-0.39, 0.29) is 35.7 Å². The summed E-state index contributed by atoms with van der Waals surface area (Å²) in [6, 6.07) is 12.1. The Morgan fingerprint density at radius 3 is 2.42 bits per heavy atom. The zero-order valence-corrected chi connectivity index (χ0v) is 22.7. The van der Waals surface area contributed by atoms with Crippen molar-refractivity contribution in [2.45, 2.75) is 47.1 Å². The molecular weight excluding hydrogens is 539 g/mol. The first-order valence-electron chi connectivity index (χ1n) is 12.7. The van der Waals surface area contributed by atoms with Gasteiger partial charge in [-0.25, -0.2) is 8.42 Å². The molecule has 4 atom stereocenters. The molecule has 7 nitrogen and oxygen atoms in total. The van der Waals surface area contributed by atoms with Gasteiger partial charge in [-0.2, -0.15) is 17.5 Å².